The summed E-state index contributed by atoms with van der Waals surface area (Å²) >= 11 is 0. The van der Waals surface area contributed by atoms with E-state index in [4.69, 9.17) is 0 Å². The molecule has 0 radical (unpaired) electrons. The van der Waals surface area contributed by atoms with Crippen LogP contribution in [-0.2, 0) is 14.4 Å². The monoisotopic (exact) mass is 323 g/mol. The molecule has 0 spiro atoms. The van der Waals surface area contributed by atoms with Gasteiger partial charge in [0.15, 0.2) is 0 Å². The van der Waals surface area contributed by atoms with E-state index in [2.05, 4.69) is 16.0 Å². The molecule has 0 atom stereocenters. The molecule has 0 saturated heterocycles. The summed E-state index contributed by atoms with van der Waals surface area (Å²) in [6.45, 7) is 6.80. The second kappa shape index (κ2) is 7.71. The van der Waals surface area contributed by atoms with Gasteiger partial charge in [0.25, 0.3) is 0 Å². The van der Waals surface area contributed by atoms with Crippen molar-refractivity contribution in [3.63, 3.8) is 0 Å². The molecule has 126 valence electrons. The van der Waals surface area contributed by atoms with Crippen LogP contribution >= 0.6 is 0 Å². The standard InChI is InChI=1S/C16H22FN3O3/c1-10(21)19-11-5-6-12(17)13(9-11)20-14(22)7-8-18-15(23)16(2,3)4/h5-6,9H,7-8H2,1-4H3,(H,18,23)(H,19,21)(H,20,22). The van der Waals surface area contributed by atoms with Crippen LogP contribution in [0.15, 0.2) is 18.2 Å². The molecule has 1 rings (SSSR count). The van der Waals surface area contributed by atoms with Crippen LogP contribution in [0.3, 0.4) is 0 Å². The maximum atomic E-state index is 13.7. The Morgan fingerprint density at radius 2 is 1.78 bits per heavy atom. The minimum absolute atomic E-state index is 0.0195. The van der Waals surface area contributed by atoms with Crippen molar-refractivity contribution in [2.45, 2.75) is 34.1 Å². The predicted molar refractivity (Wildman–Crippen MR) is 86.4 cm³/mol. The number of nitrogens with one attached hydrogen (secondary N) is 3. The van der Waals surface area contributed by atoms with Gasteiger partial charge in [-0.25, -0.2) is 4.39 Å². The van der Waals surface area contributed by atoms with Gasteiger partial charge < -0.3 is 16.0 Å². The number of rotatable bonds is 5. The maximum absolute atomic E-state index is 13.7. The van der Waals surface area contributed by atoms with Gasteiger partial charge in [-0.2, -0.15) is 0 Å². The van der Waals surface area contributed by atoms with E-state index >= 15 is 0 Å². The quantitative estimate of drug-likeness (QED) is 0.777. The van der Waals surface area contributed by atoms with E-state index in [1.54, 1.807) is 20.8 Å². The van der Waals surface area contributed by atoms with E-state index in [-0.39, 0.29) is 30.5 Å². The summed E-state index contributed by atoms with van der Waals surface area (Å²) in [5.74, 6) is -1.49. The molecule has 0 heterocycles. The lowest BCUT2D eigenvalue weighted by Gasteiger charge is -2.17. The topological polar surface area (TPSA) is 87.3 Å². The summed E-state index contributed by atoms with van der Waals surface area (Å²) in [6, 6.07) is 3.89. The molecule has 3 amide bonds. The molecular weight excluding hydrogens is 301 g/mol. The normalized spacial score (nSPS) is 10.8. The van der Waals surface area contributed by atoms with Crippen molar-refractivity contribution in [2.24, 2.45) is 5.41 Å². The average molecular weight is 323 g/mol. The Morgan fingerprint density at radius 3 is 2.35 bits per heavy atom. The number of hydrogen-bond donors (Lipinski definition) is 3. The summed E-state index contributed by atoms with van der Waals surface area (Å²) in [7, 11) is 0. The SMILES string of the molecule is CC(=O)Nc1ccc(F)c(NC(=O)CCNC(=O)C(C)(C)C)c1. The summed E-state index contributed by atoms with van der Waals surface area (Å²) in [6.07, 6.45) is 0.0195. The molecule has 0 fully saturated rings. The summed E-state index contributed by atoms with van der Waals surface area (Å²) in [5.41, 5.74) is -0.173. The van der Waals surface area contributed by atoms with E-state index in [0.29, 0.717) is 5.69 Å². The lowest BCUT2D eigenvalue weighted by Crippen LogP contribution is -2.36. The van der Waals surface area contributed by atoms with Crippen molar-refractivity contribution in [3.05, 3.63) is 24.0 Å². The summed E-state index contributed by atoms with van der Waals surface area (Å²) in [4.78, 5) is 34.5. The largest absolute Gasteiger partial charge is 0.355 e. The highest BCUT2D eigenvalue weighted by molar-refractivity contribution is 5.93. The number of benzene rings is 1. The Labute approximate surface area is 134 Å². The number of amides is 3. The zero-order valence-corrected chi connectivity index (χ0v) is 13.7. The third-order valence-electron chi connectivity index (χ3n) is 2.88. The van der Waals surface area contributed by atoms with Crippen molar-refractivity contribution >= 4 is 29.1 Å². The fraction of sp³-hybridized carbons (Fsp3) is 0.438. The number of carbonyl (C=O) groups is 3. The third kappa shape index (κ3) is 6.46. The fourth-order valence-electron chi connectivity index (χ4n) is 1.67. The average Bonchev–Trinajstić information content (AvgIpc) is 2.40. The molecule has 23 heavy (non-hydrogen) atoms. The summed E-state index contributed by atoms with van der Waals surface area (Å²) in [5, 5.41) is 7.57. The van der Waals surface area contributed by atoms with Crippen LogP contribution in [0, 0.1) is 11.2 Å². The Morgan fingerprint density at radius 1 is 1.13 bits per heavy atom. The number of halogens is 1. The van der Waals surface area contributed by atoms with Crippen molar-refractivity contribution in [2.75, 3.05) is 17.2 Å². The van der Waals surface area contributed by atoms with Gasteiger partial charge in [0, 0.05) is 31.0 Å². The van der Waals surface area contributed by atoms with Crippen LogP contribution in [0.2, 0.25) is 0 Å². The fourth-order valence-corrected chi connectivity index (χ4v) is 1.67. The smallest absolute Gasteiger partial charge is 0.226 e. The van der Waals surface area contributed by atoms with E-state index in [0.717, 1.165) is 6.07 Å². The molecule has 0 saturated carbocycles. The Kier molecular flexibility index (Phi) is 6.24. The second-order valence-electron chi connectivity index (χ2n) is 6.18. The van der Waals surface area contributed by atoms with Crippen LogP contribution in [0.25, 0.3) is 0 Å². The van der Waals surface area contributed by atoms with E-state index in [1.807, 2.05) is 0 Å². The molecule has 0 aliphatic heterocycles. The molecule has 0 aliphatic carbocycles. The van der Waals surface area contributed by atoms with Crippen molar-refractivity contribution in [3.8, 4) is 0 Å². The van der Waals surface area contributed by atoms with Crippen molar-refractivity contribution in [1.29, 1.82) is 0 Å². The summed E-state index contributed by atoms with van der Waals surface area (Å²) < 4.78 is 13.7. The molecule has 0 bridgehead atoms. The molecule has 0 unspecified atom stereocenters. The van der Waals surface area contributed by atoms with Crippen LogP contribution < -0.4 is 16.0 Å². The lowest BCUT2D eigenvalue weighted by atomic mass is 9.96. The first-order chi connectivity index (χ1) is 10.6. The maximum Gasteiger partial charge on any atom is 0.226 e. The molecular formula is C16H22FN3O3. The lowest BCUT2D eigenvalue weighted by molar-refractivity contribution is -0.128. The number of anilines is 2. The van der Waals surface area contributed by atoms with Gasteiger partial charge in [0.2, 0.25) is 17.7 Å². The first kappa shape index (κ1) is 18.6. The Hall–Kier alpha value is -2.44. The van der Waals surface area contributed by atoms with Gasteiger partial charge in [-0.05, 0) is 18.2 Å². The van der Waals surface area contributed by atoms with Crippen molar-refractivity contribution < 1.29 is 18.8 Å². The zero-order valence-electron chi connectivity index (χ0n) is 13.7. The minimum Gasteiger partial charge on any atom is -0.355 e. The first-order valence-electron chi connectivity index (χ1n) is 7.25. The van der Waals surface area contributed by atoms with Gasteiger partial charge in [-0.15, -0.1) is 0 Å². The van der Waals surface area contributed by atoms with Crippen LogP contribution in [0.1, 0.15) is 34.1 Å². The second-order valence-corrected chi connectivity index (χ2v) is 6.18. The number of carbonyl (C=O) groups excluding carboxylic acids is 3. The zero-order chi connectivity index (χ0) is 17.6. The van der Waals surface area contributed by atoms with E-state index in [1.165, 1.54) is 19.1 Å². The van der Waals surface area contributed by atoms with Crippen LogP contribution in [0.5, 0.6) is 0 Å². The van der Waals surface area contributed by atoms with Crippen LogP contribution in [0.4, 0.5) is 15.8 Å². The highest BCUT2D eigenvalue weighted by Crippen LogP contribution is 2.20. The minimum atomic E-state index is -0.605. The molecule has 1 aromatic carbocycles. The molecule has 0 aromatic heterocycles. The molecule has 3 N–H and O–H groups in total. The Balaban J connectivity index is 2.57. The predicted octanol–water partition coefficient (Wildman–Crippen LogP) is 2.27. The highest BCUT2D eigenvalue weighted by Gasteiger charge is 2.20. The molecule has 6 nitrogen and oxygen atoms in total. The van der Waals surface area contributed by atoms with Gasteiger partial charge in [0.05, 0.1) is 5.69 Å². The highest BCUT2D eigenvalue weighted by atomic mass is 19.1. The number of hydrogen-bond acceptors (Lipinski definition) is 3. The van der Waals surface area contributed by atoms with Gasteiger partial charge >= 0.3 is 0 Å². The third-order valence-corrected chi connectivity index (χ3v) is 2.88. The molecule has 7 heteroatoms. The first-order valence-corrected chi connectivity index (χ1v) is 7.25. The van der Waals surface area contributed by atoms with Gasteiger partial charge in [-0.1, -0.05) is 20.8 Å². The molecule has 0 aliphatic rings. The van der Waals surface area contributed by atoms with E-state index in [9.17, 15) is 18.8 Å². The van der Waals surface area contributed by atoms with Gasteiger partial charge in [-0.3, -0.25) is 14.4 Å². The van der Waals surface area contributed by atoms with Gasteiger partial charge in [0.1, 0.15) is 5.82 Å². The molecule has 1 aromatic rings. The Bertz CT molecular complexity index is 609. The van der Waals surface area contributed by atoms with E-state index < -0.39 is 17.1 Å². The van der Waals surface area contributed by atoms with Crippen molar-refractivity contribution in [1.82, 2.24) is 5.32 Å². The van der Waals surface area contributed by atoms with Crippen LogP contribution in [-0.4, -0.2) is 24.3 Å².